The maximum Gasteiger partial charge on any atom is 0.338 e. The summed E-state index contributed by atoms with van der Waals surface area (Å²) in [5.74, 6) is -0.216. The molecule has 0 amide bonds. The fraction of sp³-hybridized carbons (Fsp3) is 0.222. The molecule has 0 atom stereocenters. The van der Waals surface area contributed by atoms with Gasteiger partial charge in [-0.15, -0.1) is 0 Å². The van der Waals surface area contributed by atoms with Gasteiger partial charge in [0.1, 0.15) is 18.0 Å². The lowest BCUT2D eigenvalue weighted by atomic mass is 10.2. The summed E-state index contributed by atoms with van der Waals surface area (Å²) < 4.78 is 14.1. The zero-order valence-electron chi connectivity index (χ0n) is 20.7. The Morgan fingerprint density at radius 3 is 2.43 bits per heavy atom. The van der Waals surface area contributed by atoms with Crippen LogP contribution in [0.5, 0.6) is 0 Å². The minimum atomic E-state index is -0.611. The van der Waals surface area contributed by atoms with Crippen LogP contribution in [0.2, 0.25) is 10.0 Å². The monoisotopic (exact) mass is 557 g/mol. The lowest BCUT2D eigenvalue weighted by Crippen LogP contribution is -2.31. The molecule has 0 aliphatic heterocycles. The molecule has 0 bridgehead atoms. The Labute approximate surface area is 229 Å². The van der Waals surface area contributed by atoms with Crippen molar-refractivity contribution < 1.29 is 19.1 Å². The van der Waals surface area contributed by atoms with E-state index < -0.39 is 11.6 Å². The van der Waals surface area contributed by atoms with Gasteiger partial charge in [0.2, 0.25) is 0 Å². The molecule has 2 aromatic carbocycles. The number of esters is 2. The molecule has 0 aliphatic rings. The Kier molecular flexibility index (Phi) is 8.02. The molecule has 0 saturated heterocycles. The fourth-order valence-electron chi connectivity index (χ4n) is 3.66. The third-order valence-electron chi connectivity index (χ3n) is 5.12. The predicted molar refractivity (Wildman–Crippen MR) is 148 cm³/mol. The predicted octanol–water partition coefficient (Wildman–Crippen LogP) is 6.97. The second-order valence-corrected chi connectivity index (χ2v) is 11.1. The third kappa shape index (κ3) is 6.77. The van der Waals surface area contributed by atoms with Crippen LogP contribution in [0.3, 0.4) is 0 Å². The van der Waals surface area contributed by atoms with Crippen LogP contribution < -0.4 is 4.31 Å². The fourth-order valence-corrected chi connectivity index (χ4v) is 5.31. The summed E-state index contributed by atoms with van der Waals surface area (Å²) in [5.41, 5.74) is 1.46. The molecule has 2 heterocycles. The molecule has 0 fully saturated rings. The lowest BCUT2D eigenvalue weighted by molar-refractivity contribution is -0.152. The normalized spacial score (nSPS) is 11.4. The average molecular weight is 558 g/mol. The molecule has 4 rings (SSSR count). The summed E-state index contributed by atoms with van der Waals surface area (Å²) in [4.78, 5) is 29.9. The largest absolute Gasteiger partial charge is 0.465 e. The van der Waals surface area contributed by atoms with Gasteiger partial charge in [-0.3, -0.25) is 4.79 Å². The van der Waals surface area contributed by atoms with E-state index in [0.717, 1.165) is 21.5 Å². The molecule has 0 spiro atoms. The van der Waals surface area contributed by atoms with Crippen LogP contribution in [0.4, 0.5) is 5.69 Å². The Balaban J connectivity index is 1.69. The summed E-state index contributed by atoms with van der Waals surface area (Å²) in [7, 11) is 1.34. The molecule has 0 unspecified atom stereocenters. The van der Waals surface area contributed by atoms with Gasteiger partial charge in [0.05, 0.1) is 18.2 Å². The molecule has 0 N–H and O–H groups in total. The number of carbonyl (C=O) groups excluding carboxylic acids is 2. The van der Waals surface area contributed by atoms with Crippen LogP contribution in [0, 0.1) is 0 Å². The van der Waals surface area contributed by atoms with Crippen molar-refractivity contribution in [3.8, 4) is 5.82 Å². The quantitative estimate of drug-likeness (QED) is 0.179. The number of aromatic nitrogens is 2. The molecule has 10 heteroatoms. The van der Waals surface area contributed by atoms with Gasteiger partial charge < -0.3 is 18.3 Å². The topological polar surface area (TPSA) is 73.7 Å². The first-order chi connectivity index (χ1) is 17.5. The van der Waals surface area contributed by atoms with Crippen molar-refractivity contribution in [3.63, 3.8) is 0 Å². The Hall–Kier alpha value is -3.20. The van der Waals surface area contributed by atoms with Crippen molar-refractivity contribution in [1.82, 2.24) is 9.55 Å². The van der Waals surface area contributed by atoms with Crippen LogP contribution in [0.15, 0.2) is 71.9 Å². The van der Waals surface area contributed by atoms with E-state index in [1.54, 1.807) is 36.5 Å². The van der Waals surface area contributed by atoms with E-state index in [1.165, 1.54) is 19.1 Å². The molecule has 4 aromatic rings. The van der Waals surface area contributed by atoms with Crippen molar-refractivity contribution in [1.29, 1.82) is 0 Å². The van der Waals surface area contributed by atoms with Crippen LogP contribution in [0.1, 0.15) is 31.1 Å². The maximum atomic E-state index is 12.8. The number of pyridine rings is 1. The van der Waals surface area contributed by atoms with Crippen molar-refractivity contribution >= 4 is 63.7 Å². The van der Waals surface area contributed by atoms with E-state index in [-0.39, 0.29) is 12.5 Å². The number of anilines is 1. The van der Waals surface area contributed by atoms with Crippen LogP contribution >= 0.6 is 35.1 Å². The van der Waals surface area contributed by atoms with Gasteiger partial charge in [-0.25, -0.2) is 9.78 Å². The molecule has 192 valence electrons. The molecule has 2 aromatic heterocycles. The highest BCUT2D eigenvalue weighted by molar-refractivity contribution is 8.00. The number of hydrogen-bond acceptors (Lipinski definition) is 7. The van der Waals surface area contributed by atoms with Crippen LogP contribution in [-0.2, 0) is 14.3 Å². The Morgan fingerprint density at radius 1 is 1.03 bits per heavy atom. The standard InChI is InChI=1S/C27H25Cl2N3O4S/c1-27(2,3)36-25(33)16-32(37-22-14-19(28)13-20(29)15-22)21-5-6-23-17(11-21)8-10-31(23)24-12-18(7-9-30-24)26(34)35-4/h5-15H,16H2,1-4H3. The molecule has 0 radical (unpaired) electrons. The van der Waals surface area contributed by atoms with E-state index in [0.29, 0.717) is 21.4 Å². The number of carbonyl (C=O) groups is 2. The minimum Gasteiger partial charge on any atom is -0.465 e. The van der Waals surface area contributed by atoms with Gasteiger partial charge >= 0.3 is 11.9 Å². The Bertz CT molecular complexity index is 1450. The van der Waals surface area contributed by atoms with E-state index >= 15 is 0 Å². The second-order valence-electron chi connectivity index (χ2n) is 9.14. The molecular weight excluding hydrogens is 533 g/mol. The average Bonchev–Trinajstić information content (AvgIpc) is 3.25. The van der Waals surface area contributed by atoms with Crippen molar-refractivity contribution in [3.05, 3.63) is 82.6 Å². The molecule has 0 aliphatic carbocycles. The number of methoxy groups -OCH3 is 1. The number of benzene rings is 2. The van der Waals surface area contributed by atoms with E-state index in [4.69, 9.17) is 32.7 Å². The summed E-state index contributed by atoms with van der Waals surface area (Å²) in [6, 6.07) is 16.3. The number of ether oxygens (including phenoxy) is 2. The lowest BCUT2D eigenvalue weighted by Gasteiger charge is -2.26. The van der Waals surface area contributed by atoms with Crippen LogP contribution in [-0.4, -0.2) is 40.7 Å². The summed E-state index contributed by atoms with van der Waals surface area (Å²) >= 11 is 13.7. The third-order valence-corrected chi connectivity index (χ3v) is 6.56. The SMILES string of the molecule is COC(=O)c1ccnc(-n2ccc3cc(N(CC(=O)OC(C)(C)C)Sc4cc(Cl)cc(Cl)c4)ccc32)c1. The van der Waals surface area contributed by atoms with Crippen LogP contribution in [0.25, 0.3) is 16.7 Å². The van der Waals surface area contributed by atoms with Gasteiger partial charge in [-0.05, 0) is 87.3 Å². The van der Waals surface area contributed by atoms with Gasteiger partial charge in [-0.2, -0.15) is 0 Å². The van der Waals surface area contributed by atoms with E-state index in [1.807, 2.05) is 60.1 Å². The molecule has 37 heavy (non-hydrogen) atoms. The number of halogens is 2. The minimum absolute atomic E-state index is 0.00101. The Morgan fingerprint density at radius 2 is 1.76 bits per heavy atom. The number of nitrogens with zero attached hydrogens (tertiary/aromatic N) is 3. The smallest absolute Gasteiger partial charge is 0.338 e. The summed E-state index contributed by atoms with van der Waals surface area (Å²) in [6.45, 7) is 5.49. The molecule has 7 nitrogen and oxygen atoms in total. The number of hydrogen-bond donors (Lipinski definition) is 0. The van der Waals surface area contributed by atoms with Gasteiger partial charge in [-0.1, -0.05) is 23.2 Å². The second kappa shape index (κ2) is 11.0. The van der Waals surface area contributed by atoms with Gasteiger partial charge in [0.15, 0.2) is 0 Å². The number of rotatable bonds is 7. The van der Waals surface area contributed by atoms with Crippen molar-refractivity contribution in [2.75, 3.05) is 18.0 Å². The van der Waals surface area contributed by atoms with Crippen molar-refractivity contribution in [2.24, 2.45) is 0 Å². The van der Waals surface area contributed by atoms with E-state index in [2.05, 4.69) is 4.98 Å². The summed E-state index contributed by atoms with van der Waals surface area (Å²) in [5, 5.41) is 1.92. The maximum absolute atomic E-state index is 12.8. The first kappa shape index (κ1) is 26.9. The first-order valence-electron chi connectivity index (χ1n) is 11.3. The van der Waals surface area contributed by atoms with Crippen molar-refractivity contribution in [2.45, 2.75) is 31.3 Å². The van der Waals surface area contributed by atoms with Gasteiger partial charge in [0, 0.05) is 38.4 Å². The summed E-state index contributed by atoms with van der Waals surface area (Å²) in [6.07, 6.45) is 3.44. The first-order valence-corrected chi connectivity index (χ1v) is 12.8. The highest BCUT2D eigenvalue weighted by atomic mass is 35.5. The zero-order chi connectivity index (χ0) is 26.7. The van der Waals surface area contributed by atoms with E-state index in [9.17, 15) is 9.59 Å². The number of fused-ring (bicyclic) bond motifs is 1. The highest BCUT2D eigenvalue weighted by Crippen LogP contribution is 2.34. The zero-order valence-corrected chi connectivity index (χ0v) is 23.0. The van der Waals surface area contributed by atoms with Gasteiger partial charge in [0.25, 0.3) is 0 Å². The molecular formula is C27H25Cl2N3O4S. The molecule has 0 saturated carbocycles. The highest BCUT2D eigenvalue weighted by Gasteiger charge is 2.21.